The highest BCUT2D eigenvalue weighted by Gasteiger charge is 2.21. The van der Waals surface area contributed by atoms with Gasteiger partial charge in [-0.3, -0.25) is 4.79 Å². The lowest BCUT2D eigenvalue weighted by Crippen LogP contribution is -2.32. The third kappa shape index (κ3) is 5.03. The van der Waals surface area contributed by atoms with Gasteiger partial charge in [0.1, 0.15) is 0 Å². The maximum absolute atomic E-state index is 12.4. The SMILES string of the molecule is CCC(C(=O)N(C)CCCCCN)c1ccccc1. The molecule has 19 heavy (non-hydrogen) atoms. The van der Waals surface area contributed by atoms with Crippen LogP contribution in [-0.4, -0.2) is 30.9 Å². The summed E-state index contributed by atoms with van der Waals surface area (Å²) in [5, 5.41) is 0. The molecule has 1 atom stereocenters. The average molecular weight is 262 g/mol. The van der Waals surface area contributed by atoms with Crippen LogP contribution >= 0.6 is 0 Å². The number of carbonyl (C=O) groups excluding carboxylic acids is 1. The van der Waals surface area contributed by atoms with Gasteiger partial charge < -0.3 is 10.6 Å². The Morgan fingerprint density at radius 3 is 2.47 bits per heavy atom. The van der Waals surface area contributed by atoms with E-state index in [9.17, 15) is 4.79 Å². The molecule has 1 unspecified atom stereocenters. The first-order valence-corrected chi connectivity index (χ1v) is 7.20. The molecule has 0 aliphatic heterocycles. The van der Waals surface area contributed by atoms with E-state index in [1.165, 1.54) is 0 Å². The first kappa shape index (κ1) is 15.7. The summed E-state index contributed by atoms with van der Waals surface area (Å²) in [5.74, 6) is 0.210. The van der Waals surface area contributed by atoms with Crippen molar-refractivity contribution in [2.75, 3.05) is 20.1 Å². The van der Waals surface area contributed by atoms with Crippen LogP contribution in [0, 0.1) is 0 Å². The van der Waals surface area contributed by atoms with Crippen molar-refractivity contribution in [3.63, 3.8) is 0 Å². The second kappa shape index (κ2) is 8.70. The number of hydrogen-bond donors (Lipinski definition) is 1. The van der Waals surface area contributed by atoms with Crippen LogP contribution < -0.4 is 5.73 Å². The third-order valence-electron chi connectivity index (χ3n) is 3.48. The number of nitrogens with zero attached hydrogens (tertiary/aromatic N) is 1. The van der Waals surface area contributed by atoms with Crippen molar-refractivity contribution in [1.29, 1.82) is 0 Å². The summed E-state index contributed by atoms with van der Waals surface area (Å²) in [6.07, 6.45) is 4.01. The molecule has 106 valence electrons. The summed E-state index contributed by atoms with van der Waals surface area (Å²) in [6, 6.07) is 10.0. The van der Waals surface area contributed by atoms with Crippen LogP contribution in [-0.2, 0) is 4.79 Å². The molecule has 0 aromatic heterocycles. The number of amides is 1. The maximum atomic E-state index is 12.4. The molecule has 0 fully saturated rings. The van der Waals surface area contributed by atoms with Crippen molar-refractivity contribution in [3.05, 3.63) is 35.9 Å². The molecular formula is C16H26N2O. The number of hydrogen-bond acceptors (Lipinski definition) is 2. The Bertz CT molecular complexity index is 364. The fraction of sp³-hybridized carbons (Fsp3) is 0.562. The van der Waals surface area contributed by atoms with Crippen LogP contribution in [0.25, 0.3) is 0 Å². The van der Waals surface area contributed by atoms with Crippen LogP contribution in [0.15, 0.2) is 30.3 Å². The zero-order chi connectivity index (χ0) is 14.1. The Morgan fingerprint density at radius 2 is 1.89 bits per heavy atom. The molecule has 0 saturated heterocycles. The molecule has 3 nitrogen and oxygen atoms in total. The van der Waals surface area contributed by atoms with Gasteiger partial charge in [0.05, 0.1) is 5.92 Å². The lowest BCUT2D eigenvalue weighted by atomic mass is 9.95. The fourth-order valence-electron chi connectivity index (χ4n) is 2.28. The van der Waals surface area contributed by atoms with Gasteiger partial charge in [0.25, 0.3) is 0 Å². The molecule has 3 heteroatoms. The van der Waals surface area contributed by atoms with Crippen molar-refractivity contribution in [1.82, 2.24) is 4.90 Å². The van der Waals surface area contributed by atoms with Gasteiger partial charge in [-0.25, -0.2) is 0 Å². The van der Waals surface area contributed by atoms with Gasteiger partial charge in [-0.15, -0.1) is 0 Å². The Balaban J connectivity index is 2.54. The van der Waals surface area contributed by atoms with Crippen LogP contribution in [0.4, 0.5) is 0 Å². The molecule has 1 rings (SSSR count). The minimum absolute atomic E-state index is 0.0132. The highest BCUT2D eigenvalue weighted by Crippen LogP contribution is 2.21. The second-order valence-corrected chi connectivity index (χ2v) is 4.98. The average Bonchev–Trinajstić information content (AvgIpc) is 2.45. The Labute approximate surface area is 116 Å². The first-order valence-electron chi connectivity index (χ1n) is 7.20. The first-order chi connectivity index (χ1) is 9.20. The van der Waals surface area contributed by atoms with E-state index >= 15 is 0 Å². The molecule has 0 heterocycles. The Morgan fingerprint density at radius 1 is 1.21 bits per heavy atom. The molecular weight excluding hydrogens is 236 g/mol. The second-order valence-electron chi connectivity index (χ2n) is 4.98. The summed E-state index contributed by atoms with van der Waals surface area (Å²) < 4.78 is 0. The van der Waals surface area contributed by atoms with E-state index in [2.05, 4.69) is 6.92 Å². The molecule has 0 spiro atoms. The predicted octanol–water partition coefficient (Wildman–Crippen LogP) is 2.77. The highest BCUT2D eigenvalue weighted by molar-refractivity contribution is 5.83. The van der Waals surface area contributed by atoms with E-state index in [-0.39, 0.29) is 11.8 Å². The molecule has 2 N–H and O–H groups in total. The van der Waals surface area contributed by atoms with Crippen LogP contribution in [0.1, 0.15) is 44.1 Å². The summed E-state index contributed by atoms with van der Waals surface area (Å²) >= 11 is 0. The normalized spacial score (nSPS) is 12.2. The van der Waals surface area contributed by atoms with Gasteiger partial charge in [-0.05, 0) is 31.4 Å². The molecule has 0 aliphatic carbocycles. The number of rotatable bonds is 8. The lowest BCUT2D eigenvalue weighted by Gasteiger charge is -2.23. The van der Waals surface area contributed by atoms with Crippen molar-refractivity contribution in [2.24, 2.45) is 5.73 Å². The molecule has 1 aromatic carbocycles. The largest absolute Gasteiger partial charge is 0.345 e. The quantitative estimate of drug-likeness (QED) is 0.732. The van der Waals surface area contributed by atoms with Crippen molar-refractivity contribution in [3.8, 4) is 0 Å². The smallest absolute Gasteiger partial charge is 0.229 e. The maximum Gasteiger partial charge on any atom is 0.229 e. The zero-order valence-corrected chi connectivity index (χ0v) is 12.1. The van der Waals surface area contributed by atoms with Crippen molar-refractivity contribution >= 4 is 5.91 Å². The van der Waals surface area contributed by atoms with Crippen LogP contribution in [0.2, 0.25) is 0 Å². The van der Waals surface area contributed by atoms with Gasteiger partial charge in [0.2, 0.25) is 5.91 Å². The number of benzene rings is 1. The molecule has 1 amide bonds. The van der Waals surface area contributed by atoms with Gasteiger partial charge >= 0.3 is 0 Å². The topological polar surface area (TPSA) is 46.3 Å². The summed E-state index contributed by atoms with van der Waals surface area (Å²) in [4.78, 5) is 14.3. The number of likely N-dealkylation sites (N-methyl/N-ethyl adjacent to an activating group) is 1. The number of nitrogens with two attached hydrogens (primary N) is 1. The van der Waals surface area contributed by atoms with E-state index < -0.39 is 0 Å². The van der Waals surface area contributed by atoms with E-state index in [4.69, 9.17) is 5.73 Å². The monoisotopic (exact) mass is 262 g/mol. The van der Waals surface area contributed by atoms with Gasteiger partial charge in [-0.1, -0.05) is 43.7 Å². The minimum atomic E-state index is -0.0132. The molecule has 1 aromatic rings. The van der Waals surface area contributed by atoms with Gasteiger partial charge in [0.15, 0.2) is 0 Å². The Hall–Kier alpha value is -1.35. The third-order valence-corrected chi connectivity index (χ3v) is 3.48. The van der Waals surface area contributed by atoms with Crippen LogP contribution in [0.5, 0.6) is 0 Å². The van der Waals surface area contributed by atoms with E-state index in [0.717, 1.165) is 44.3 Å². The van der Waals surface area contributed by atoms with Crippen molar-refractivity contribution in [2.45, 2.75) is 38.5 Å². The molecule has 0 bridgehead atoms. The summed E-state index contributed by atoms with van der Waals surface area (Å²) in [6.45, 7) is 3.62. The highest BCUT2D eigenvalue weighted by atomic mass is 16.2. The summed E-state index contributed by atoms with van der Waals surface area (Å²) in [5.41, 5.74) is 6.59. The van der Waals surface area contributed by atoms with E-state index in [1.807, 2.05) is 42.3 Å². The number of carbonyl (C=O) groups is 1. The minimum Gasteiger partial charge on any atom is -0.345 e. The lowest BCUT2D eigenvalue weighted by molar-refractivity contribution is -0.131. The Kier molecular flexibility index (Phi) is 7.19. The fourth-order valence-corrected chi connectivity index (χ4v) is 2.28. The number of unbranched alkanes of at least 4 members (excludes halogenated alkanes) is 2. The molecule has 0 aliphatic rings. The van der Waals surface area contributed by atoms with Gasteiger partial charge in [-0.2, -0.15) is 0 Å². The van der Waals surface area contributed by atoms with E-state index in [1.54, 1.807) is 0 Å². The van der Waals surface area contributed by atoms with Crippen molar-refractivity contribution < 1.29 is 4.79 Å². The zero-order valence-electron chi connectivity index (χ0n) is 12.1. The van der Waals surface area contributed by atoms with Crippen LogP contribution in [0.3, 0.4) is 0 Å². The standard InChI is InChI=1S/C16H26N2O/c1-3-15(14-10-6-4-7-11-14)16(19)18(2)13-9-5-8-12-17/h4,6-7,10-11,15H,3,5,8-9,12-13,17H2,1-2H3. The summed E-state index contributed by atoms with van der Waals surface area (Å²) in [7, 11) is 1.90. The molecule has 0 saturated carbocycles. The van der Waals surface area contributed by atoms with Gasteiger partial charge in [0, 0.05) is 13.6 Å². The van der Waals surface area contributed by atoms with E-state index in [0.29, 0.717) is 0 Å². The predicted molar refractivity (Wildman–Crippen MR) is 80.0 cm³/mol. The molecule has 0 radical (unpaired) electrons.